The quantitative estimate of drug-likeness (QED) is 0.396. The molecule has 0 spiro atoms. The number of amides is 2. The number of hydrogen-bond donors (Lipinski definition) is 3. The van der Waals surface area contributed by atoms with Gasteiger partial charge in [0, 0.05) is 17.3 Å². The van der Waals surface area contributed by atoms with E-state index in [1.165, 1.54) is 18.6 Å². The second-order valence-corrected chi connectivity index (χ2v) is 7.97. The average molecular weight is 487 g/mol. The predicted octanol–water partition coefficient (Wildman–Crippen LogP) is 2.65. The van der Waals surface area contributed by atoms with Gasteiger partial charge in [-0.15, -0.1) is 0 Å². The zero-order valence-electron chi connectivity index (χ0n) is 19.2. The van der Waals surface area contributed by atoms with Crippen molar-refractivity contribution in [2.24, 2.45) is 11.5 Å². The predicted molar refractivity (Wildman–Crippen MR) is 130 cm³/mol. The second kappa shape index (κ2) is 10.9. The van der Waals surface area contributed by atoms with Crippen molar-refractivity contribution in [3.63, 3.8) is 0 Å². The highest BCUT2D eigenvalue weighted by molar-refractivity contribution is 7.10. The zero-order chi connectivity index (χ0) is 24.8. The molecule has 1 aromatic heterocycles. The maximum Gasteiger partial charge on any atom is 0.241 e. The van der Waals surface area contributed by atoms with E-state index in [1.807, 2.05) is 18.2 Å². The maximum absolute atomic E-state index is 12.5. The Morgan fingerprint density at radius 2 is 1.62 bits per heavy atom. The number of benzene rings is 2. The Balaban J connectivity index is 2.02. The Hall–Kier alpha value is -3.83. The summed E-state index contributed by atoms with van der Waals surface area (Å²) in [5.41, 5.74) is 13.7. The van der Waals surface area contributed by atoms with Gasteiger partial charge in [-0.05, 0) is 41.4 Å². The summed E-state index contributed by atoms with van der Waals surface area (Å²) in [5, 5.41) is 2.71. The minimum atomic E-state index is -1.08. The first kappa shape index (κ1) is 24.8. The van der Waals surface area contributed by atoms with Crippen LogP contribution in [-0.2, 0) is 9.59 Å². The van der Waals surface area contributed by atoms with Gasteiger partial charge in [0.05, 0.1) is 51.5 Å². The molecule has 10 nitrogen and oxygen atoms in total. The molecule has 0 aliphatic rings. The second-order valence-electron chi connectivity index (χ2n) is 7.16. The summed E-state index contributed by atoms with van der Waals surface area (Å²) in [6, 6.07) is 7.92. The number of carbonyl (C=O) groups is 2. The first-order valence-electron chi connectivity index (χ1n) is 10.1. The number of nitrogens with one attached hydrogen (secondary N) is 1. The van der Waals surface area contributed by atoms with Crippen LogP contribution in [0.25, 0.3) is 21.6 Å². The molecule has 180 valence electrons. The topological polar surface area (TPSA) is 148 Å². The van der Waals surface area contributed by atoms with E-state index in [4.69, 9.17) is 30.4 Å². The minimum absolute atomic E-state index is 0.270. The van der Waals surface area contributed by atoms with E-state index in [1.54, 1.807) is 39.7 Å². The summed E-state index contributed by atoms with van der Waals surface area (Å²) in [6.45, 7) is 0. The first-order chi connectivity index (χ1) is 16.3. The third-order valence-electron chi connectivity index (χ3n) is 5.02. The van der Waals surface area contributed by atoms with Crippen LogP contribution in [0, 0.1) is 0 Å². The Bertz CT molecular complexity index is 1170. The molecule has 0 saturated heterocycles. The highest BCUT2D eigenvalue weighted by Gasteiger charge is 2.21. The van der Waals surface area contributed by atoms with Crippen molar-refractivity contribution in [1.29, 1.82) is 0 Å². The third kappa shape index (κ3) is 5.21. The summed E-state index contributed by atoms with van der Waals surface area (Å²) in [7, 11) is 6.13. The van der Waals surface area contributed by atoms with Gasteiger partial charge in [0.15, 0.2) is 11.5 Å². The largest absolute Gasteiger partial charge is 0.495 e. The molecule has 1 heterocycles. The lowest BCUT2D eigenvalue weighted by atomic mass is 10.0. The van der Waals surface area contributed by atoms with Crippen molar-refractivity contribution in [1.82, 2.24) is 4.37 Å². The lowest BCUT2D eigenvalue weighted by Gasteiger charge is -2.16. The Labute approximate surface area is 200 Å². The zero-order valence-corrected chi connectivity index (χ0v) is 20.0. The molecule has 0 aliphatic heterocycles. The number of primary amides is 1. The van der Waals surface area contributed by atoms with Crippen LogP contribution in [0.15, 0.2) is 36.5 Å². The van der Waals surface area contributed by atoms with Gasteiger partial charge in [-0.2, -0.15) is 4.37 Å². The van der Waals surface area contributed by atoms with Crippen molar-refractivity contribution in [2.45, 2.75) is 12.5 Å². The van der Waals surface area contributed by atoms with Crippen molar-refractivity contribution >= 4 is 29.0 Å². The molecule has 0 unspecified atom stereocenters. The fourth-order valence-corrected chi connectivity index (χ4v) is 4.13. The highest BCUT2D eigenvalue weighted by Crippen LogP contribution is 2.45. The van der Waals surface area contributed by atoms with E-state index in [9.17, 15) is 9.59 Å². The van der Waals surface area contributed by atoms with Crippen molar-refractivity contribution in [2.75, 3.05) is 33.8 Å². The normalized spacial score (nSPS) is 11.4. The van der Waals surface area contributed by atoms with Crippen molar-refractivity contribution in [3.8, 4) is 44.6 Å². The minimum Gasteiger partial charge on any atom is -0.495 e. The molecule has 1 atom stereocenters. The van der Waals surface area contributed by atoms with Crippen molar-refractivity contribution in [3.05, 3.63) is 36.5 Å². The Kier molecular flexibility index (Phi) is 7.92. The number of rotatable bonds is 10. The fraction of sp³-hybridized carbons (Fsp3) is 0.261. The van der Waals surface area contributed by atoms with Crippen LogP contribution in [0.4, 0.5) is 5.69 Å². The maximum atomic E-state index is 12.5. The molecule has 0 saturated carbocycles. The molecule has 34 heavy (non-hydrogen) atoms. The number of aromatic nitrogens is 1. The number of ether oxygens (including phenoxy) is 4. The molecule has 0 radical (unpaired) electrons. The number of nitrogens with two attached hydrogens (primary N) is 2. The van der Waals surface area contributed by atoms with Crippen LogP contribution < -0.4 is 35.7 Å². The smallest absolute Gasteiger partial charge is 0.241 e. The number of methoxy groups -OCH3 is 4. The molecule has 0 aliphatic carbocycles. The first-order valence-corrected chi connectivity index (χ1v) is 10.9. The Morgan fingerprint density at radius 3 is 2.18 bits per heavy atom. The van der Waals surface area contributed by atoms with E-state index in [0.29, 0.717) is 28.7 Å². The van der Waals surface area contributed by atoms with Gasteiger partial charge in [-0.25, -0.2) is 0 Å². The number of carbonyl (C=O) groups excluding carboxylic acids is 2. The fourth-order valence-electron chi connectivity index (χ4n) is 3.37. The average Bonchev–Trinajstić information content (AvgIpc) is 3.32. The van der Waals surface area contributed by atoms with Gasteiger partial charge in [0.2, 0.25) is 17.6 Å². The number of nitrogens with zero attached hydrogens (tertiary/aromatic N) is 1. The van der Waals surface area contributed by atoms with Gasteiger partial charge in [0.1, 0.15) is 5.75 Å². The highest BCUT2D eigenvalue weighted by atomic mass is 32.1. The van der Waals surface area contributed by atoms with E-state index < -0.39 is 17.9 Å². The van der Waals surface area contributed by atoms with E-state index in [0.717, 1.165) is 21.6 Å². The molecule has 2 amide bonds. The standard InChI is InChI=1S/C23H26N4O6S/c1-30-17-6-5-12(7-16(17)27-23(29)15(24)10-20(25)28)14-11-26-34-22(14)13-8-18(31-2)21(33-4)19(9-13)32-3/h5-9,11,15H,10,24H2,1-4H3,(H2,25,28)(H,27,29)/t15-/m0/s1. The monoisotopic (exact) mass is 486 g/mol. The van der Waals surface area contributed by atoms with Gasteiger partial charge in [-0.1, -0.05) is 6.07 Å². The van der Waals surface area contributed by atoms with Crippen LogP contribution in [-0.4, -0.2) is 50.7 Å². The number of hydrogen-bond acceptors (Lipinski definition) is 9. The molecular formula is C23H26N4O6S. The molecule has 0 fully saturated rings. The molecular weight excluding hydrogens is 460 g/mol. The van der Waals surface area contributed by atoms with Crippen molar-refractivity contribution < 1.29 is 28.5 Å². The molecule has 11 heteroatoms. The molecule has 2 aromatic carbocycles. The molecule has 5 N–H and O–H groups in total. The lowest BCUT2D eigenvalue weighted by Crippen LogP contribution is -2.39. The summed E-state index contributed by atoms with van der Waals surface area (Å²) in [6.07, 6.45) is 1.46. The van der Waals surface area contributed by atoms with E-state index >= 15 is 0 Å². The summed E-state index contributed by atoms with van der Waals surface area (Å²) in [4.78, 5) is 24.4. The SMILES string of the molecule is COc1ccc(-c2cnsc2-c2cc(OC)c(OC)c(OC)c2)cc1NC(=O)[C@@H](N)CC(N)=O. The third-order valence-corrected chi connectivity index (χ3v) is 5.87. The van der Waals surface area contributed by atoms with Crippen LogP contribution in [0.3, 0.4) is 0 Å². The van der Waals surface area contributed by atoms with Crippen LogP contribution in [0.2, 0.25) is 0 Å². The van der Waals surface area contributed by atoms with Crippen LogP contribution in [0.5, 0.6) is 23.0 Å². The van der Waals surface area contributed by atoms with Gasteiger partial charge in [0.25, 0.3) is 0 Å². The molecule has 0 bridgehead atoms. The van der Waals surface area contributed by atoms with E-state index in [-0.39, 0.29) is 6.42 Å². The summed E-state index contributed by atoms with van der Waals surface area (Å²) < 4.78 is 26.1. The molecule has 3 rings (SSSR count). The van der Waals surface area contributed by atoms with Gasteiger partial charge >= 0.3 is 0 Å². The Morgan fingerprint density at radius 1 is 0.971 bits per heavy atom. The van der Waals surface area contributed by atoms with Gasteiger partial charge < -0.3 is 35.7 Å². The summed E-state index contributed by atoms with van der Waals surface area (Å²) >= 11 is 1.30. The summed E-state index contributed by atoms with van der Waals surface area (Å²) in [5.74, 6) is 0.734. The van der Waals surface area contributed by atoms with Crippen LogP contribution >= 0.6 is 11.5 Å². The lowest BCUT2D eigenvalue weighted by molar-refractivity contribution is -0.123. The van der Waals surface area contributed by atoms with Gasteiger partial charge in [-0.3, -0.25) is 9.59 Å². The molecule has 3 aromatic rings. The van der Waals surface area contributed by atoms with E-state index in [2.05, 4.69) is 9.69 Å². The van der Waals surface area contributed by atoms with Crippen LogP contribution in [0.1, 0.15) is 6.42 Å². The number of anilines is 1.